The predicted octanol–water partition coefficient (Wildman–Crippen LogP) is 2.71. The van der Waals surface area contributed by atoms with Crippen molar-refractivity contribution in [2.45, 2.75) is 6.10 Å². The Morgan fingerprint density at radius 2 is 1.96 bits per heavy atom. The third-order valence-electron chi connectivity index (χ3n) is 3.84. The Bertz CT molecular complexity index is 698. The molecular formula is C19H20N2O2. The predicted molar refractivity (Wildman–Crippen MR) is 92.6 cm³/mol. The molecule has 2 aromatic rings. The van der Waals surface area contributed by atoms with Crippen LogP contribution in [0.2, 0.25) is 0 Å². The number of hydrogen-bond donors (Lipinski definition) is 1. The van der Waals surface area contributed by atoms with Crippen LogP contribution in [-0.4, -0.2) is 32.1 Å². The van der Waals surface area contributed by atoms with Crippen LogP contribution in [0, 0.1) is 0 Å². The number of nitrogens with one attached hydrogen (secondary N) is 1. The monoisotopic (exact) mass is 308 g/mol. The fourth-order valence-electron chi connectivity index (χ4n) is 2.66. The first-order chi connectivity index (χ1) is 11.3. The van der Waals surface area contributed by atoms with E-state index in [2.05, 4.69) is 34.5 Å². The van der Waals surface area contributed by atoms with Gasteiger partial charge in [-0.05, 0) is 17.7 Å². The molecule has 3 rings (SSSR count). The molecule has 0 aliphatic carbocycles. The summed E-state index contributed by atoms with van der Waals surface area (Å²) < 4.78 is 5.80. The van der Waals surface area contributed by atoms with Crippen LogP contribution < -0.4 is 15.0 Å². The summed E-state index contributed by atoms with van der Waals surface area (Å²) >= 11 is 0. The van der Waals surface area contributed by atoms with Crippen LogP contribution >= 0.6 is 0 Å². The molecule has 1 aliphatic heterocycles. The second-order valence-electron chi connectivity index (χ2n) is 5.41. The molecule has 0 bridgehead atoms. The zero-order valence-electron chi connectivity index (χ0n) is 13.1. The molecule has 2 aromatic carbocycles. The van der Waals surface area contributed by atoms with E-state index in [4.69, 9.17) is 4.74 Å². The number of para-hydroxylation sites is 2. The van der Waals surface area contributed by atoms with E-state index in [-0.39, 0.29) is 5.91 Å². The van der Waals surface area contributed by atoms with E-state index in [1.165, 1.54) is 0 Å². The second kappa shape index (κ2) is 7.01. The van der Waals surface area contributed by atoms with Gasteiger partial charge in [-0.1, -0.05) is 54.6 Å². The van der Waals surface area contributed by atoms with Crippen LogP contribution in [0.5, 0.6) is 5.75 Å². The number of carbonyl (C=O) groups is 1. The van der Waals surface area contributed by atoms with Crippen molar-refractivity contribution in [3.63, 3.8) is 0 Å². The summed E-state index contributed by atoms with van der Waals surface area (Å²) in [7, 11) is 1.63. The molecule has 23 heavy (non-hydrogen) atoms. The number of ether oxygens (including phenoxy) is 1. The summed E-state index contributed by atoms with van der Waals surface area (Å²) in [5.74, 6) is 0.650. The standard InChI is InChI=1S/C19H20N2O2/c1-20-19(22)18-14-21(16-11-5-6-12-17(16)23-18)13-7-10-15-8-3-2-4-9-15/h2-12,18H,13-14H2,1H3,(H,20,22)/b10-7+/t18-/m0/s1. The highest BCUT2D eigenvalue weighted by Gasteiger charge is 2.29. The topological polar surface area (TPSA) is 41.6 Å². The minimum Gasteiger partial charge on any atom is -0.477 e. The van der Waals surface area contributed by atoms with Crippen LogP contribution in [0.15, 0.2) is 60.7 Å². The molecule has 0 radical (unpaired) electrons. The minimum atomic E-state index is -0.486. The van der Waals surface area contributed by atoms with E-state index in [9.17, 15) is 4.79 Å². The Hall–Kier alpha value is -2.75. The van der Waals surface area contributed by atoms with Crippen LogP contribution in [0.4, 0.5) is 5.69 Å². The SMILES string of the molecule is CNC(=O)[C@@H]1CN(C/C=C/c2ccccc2)c2ccccc2O1. The number of hydrogen-bond acceptors (Lipinski definition) is 3. The van der Waals surface area contributed by atoms with Gasteiger partial charge in [-0.2, -0.15) is 0 Å². The molecule has 1 N–H and O–H groups in total. The van der Waals surface area contributed by atoms with Crippen molar-refractivity contribution in [3.8, 4) is 5.75 Å². The largest absolute Gasteiger partial charge is 0.477 e. The molecule has 118 valence electrons. The van der Waals surface area contributed by atoms with Crippen LogP contribution in [0.25, 0.3) is 6.08 Å². The maximum absolute atomic E-state index is 11.9. The lowest BCUT2D eigenvalue weighted by Gasteiger charge is -2.34. The van der Waals surface area contributed by atoms with Gasteiger partial charge in [0.1, 0.15) is 5.75 Å². The summed E-state index contributed by atoms with van der Waals surface area (Å²) in [4.78, 5) is 14.1. The molecule has 1 heterocycles. The molecule has 0 saturated carbocycles. The summed E-state index contributed by atoms with van der Waals surface area (Å²) in [6, 6.07) is 18.0. The Kier molecular flexibility index (Phi) is 4.62. The molecule has 1 atom stereocenters. The lowest BCUT2D eigenvalue weighted by Crippen LogP contribution is -2.48. The van der Waals surface area contributed by atoms with Crippen LogP contribution in [-0.2, 0) is 4.79 Å². The normalized spacial score (nSPS) is 16.7. The number of fused-ring (bicyclic) bond motifs is 1. The van der Waals surface area contributed by atoms with Crippen molar-refractivity contribution in [1.82, 2.24) is 5.32 Å². The van der Waals surface area contributed by atoms with Gasteiger partial charge in [0.05, 0.1) is 12.2 Å². The third kappa shape index (κ3) is 3.54. The van der Waals surface area contributed by atoms with E-state index >= 15 is 0 Å². The first kappa shape index (κ1) is 15.2. The number of amides is 1. The van der Waals surface area contributed by atoms with Gasteiger partial charge in [-0.15, -0.1) is 0 Å². The molecule has 0 fully saturated rings. The zero-order valence-corrected chi connectivity index (χ0v) is 13.1. The van der Waals surface area contributed by atoms with Crippen molar-refractivity contribution < 1.29 is 9.53 Å². The van der Waals surface area contributed by atoms with E-state index in [0.29, 0.717) is 6.54 Å². The smallest absolute Gasteiger partial charge is 0.262 e. The Labute approximate surface area is 136 Å². The number of anilines is 1. The van der Waals surface area contributed by atoms with Gasteiger partial charge < -0.3 is 15.0 Å². The van der Waals surface area contributed by atoms with Gasteiger partial charge in [0.15, 0.2) is 6.10 Å². The van der Waals surface area contributed by atoms with E-state index < -0.39 is 6.10 Å². The quantitative estimate of drug-likeness (QED) is 0.944. The van der Waals surface area contributed by atoms with Crippen molar-refractivity contribution in [2.75, 3.05) is 25.0 Å². The second-order valence-corrected chi connectivity index (χ2v) is 5.41. The average molecular weight is 308 g/mol. The first-order valence-corrected chi connectivity index (χ1v) is 7.72. The Balaban J connectivity index is 1.77. The lowest BCUT2D eigenvalue weighted by molar-refractivity contribution is -0.127. The van der Waals surface area contributed by atoms with E-state index in [0.717, 1.165) is 23.5 Å². The highest BCUT2D eigenvalue weighted by atomic mass is 16.5. The van der Waals surface area contributed by atoms with Crippen molar-refractivity contribution in [1.29, 1.82) is 0 Å². The molecular weight excluding hydrogens is 288 g/mol. The number of likely N-dealkylation sites (N-methyl/N-ethyl adjacent to an activating group) is 1. The zero-order chi connectivity index (χ0) is 16.1. The van der Waals surface area contributed by atoms with Crippen LogP contribution in [0.1, 0.15) is 5.56 Å². The number of benzene rings is 2. The molecule has 4 heteroatoms. The Morgan fingerprint density at radius 3 is 2.74 bits per heavy atom. The highest BCUT2D eigenvalue weighted by Crippen LogP contribution is 2.32. The van der Waals surface area contributed by atoms with E-state index in [1.807, 2.05) is 42.5 Å². The molecule has 1 amide bonds. The van der Waals surface area contributed by atoms with Crippen LogP contribution in [0.3, 0.4) is 0 Å². The maximum Gasteiger partial charge on any atom is 0.262 e. The molecule has 4 nitrogen and oxygen atoms in total. The van der Waals surface area contributed by atoms with Gasteiger partial charge in [0.2, 0.25) is 0 Å². The average Bonchev–Trinajstić information content (AvgIpc) is 2.61. The fourth-order valence-corrected chi connectivity index (χ4v) is 2.66. The summed E-state index contributed by atoms with van der Waals surface area (Å²) in [5, 5.41) is 2.66. The van der Waals surface area contributed by atoms with Gasteiger partial charge in [-0.25, -0.2) is 0 Å². The molecule has 0 aromatic heterocycles. The third-order valence-corrected chi connectivity index (χ3v) is 3.84. The highest BCUT2D eigenvalue weighted by molar-refractivity contribution is 5.83. The minimum absolute atomic E-state index is 0.100. The molecule has 1 aliphatic rings. The molecule has 0 unspecified atom stereocenters. The summed E-state index contributed by atoms with van der Waals surface area (Å²) in [5.41, 5.74) is 2.18. The van der Waals surface area contributed by atoms with Gasteiger partial charge in [0, 0.05) is 13.6 Å². The van der Waals surface area contributed by atoms with Crippen molar-refractivity contribution >= 4 is 17.7 Å². The van der Waals surface area contributed by atoms with Gasteiger partial charge in [0.25, 0.3) is 5.91 Å². The van der Waals surface area contributed by atoms with Crippen molar-refractivity contribution in [3.05, 3.63) is 66.2 Å². The number of rotatable bonds is 4. The summed E-state index contributed by atoms with van der Waals surface area (Å²) in [6.07, 6.45) is 3.71. The van der Waals surface area contributed by atoms with Crippen molar-refractivity contribution in [2.24, 2.45) is 0 Å². The number of carbonyl (C=O) groups excluding carboxylic acids is 1. The molecule has 0 saturated heterocycles. The first-order valence-electron chi connectivity index (χ1n) is 7.72. The fraction of sp³-hybridized carbons (Fsp3) is 0.211. The van der Waals surface area contributed by atoms with Gasteiger partial charge >= 0.3 is 0 Å². The lowest BCUT2D eigenvalue weighted by atomic mass is 10.1. The number of nitrogens with zero attached hydrogens (tertiary/aromatic N) is 1. The summed E-state index contributed by atoms with van der Waals surface area (Å²) in [6.45, 7) is 1.26. The van der Waals surface area contributed by atoms with Gasteiger partial charge in [-0.3, -0.25) is 4.79 Å². The molecule has 0 spiro atoms. The van der Waals surface area contributed by atoms with E-state index in [1.54, 1.807) is 7.05 Å². The maximum atomic E-state index is 11.9. The Morgan fingerprint density at radius 1 is 1.22 bits per heavy atom.